The summed E-state index contributed by atoms with van der Waals surface area (Å²) in [7, 11) is -4.42. The van der Waals surface area contributed by atoms with Crippen molar-refractivity contribution in [2.75, 3.05) is 4.72 Å². The topological polar surface area (TPSA) is 72.2 Å². The molecule has 1 aromatic carbocycles. The van der Waals surface area contributed by atoms with E-state index in [1.807, 2.05) is 0 Å². The van der Waals surface area contributed by atoms with Crippen LogP contribution < -0.4 is 10.5 Å². The van der Waals surface area contributed by atoms with E-state index in [4.69, 9.17) is 5.73 Å². The molecule has 0 aromatic heterocycles. The molecule has 0 saturated carbocycles. The molecule has 0 aliphatic heterocycles. The third-order valence-corrected chi connectivity index (χ3v) is 4.40. The van der Waals surface area contributed by atoms with Crippen LogP contribution in [0.1, 0.15) is 6.92 Å². The summed E-state index contributed by atoms with van der Waals surface area (Å²) in [4.78, 5) is -0.467. The molecule has 0 radical (unpaired) electrons. The van der Waals surface area contributed by atoms with Crippen molar-refractivity contribution < 1.29 is 26.0 Å². The van der Waals surface area contributed by atoms with Gasteiger partial charge in [0.1, 0.15) is 10.9 Å². The van der Waals surface area contributed by atoms with Crippen molar-refractivity contribution in [1.29, 1.82) is 0 Å². The lowest BCUT2D eigenvalue weighted by Crippen LogP contribution is -2.36. The molecule has 0 amide bonds. The molecule has 3 N–H and O–H groups in total. The molecule has 0 bridgehead atoms. The summed E-state index contributed by atoms with van der Waals surface area (Å²) >= 11 is 4.42. The number of anilines is 1. The molecule has 0 aliphatic rings. The van der Waals surface area contributed by atoms with Gasteiger partial charge in [-0.05, 0) is 6.92 Å². The molecule has 0 saturated heterocycles. The minimum Gasteiger partial charge on any atom is -0.392 e. The van der Waals surface area contributed by atoms with Gasteiger partial charge in [0.15, 0.2) is 23.3 Å². The van der Waals surface area contributed by atoms with Gasteiger partial charge in [-0.1, -0.05) is 12.2 Å². The van der Waals surface area contributed by atoms with Crippen LogP contribution in [-0.4, -0.2) is 18.7 Å². The number of rotatable bonds is 4. The zero-order chi connectivity index (χ0) is 15.0. The van der Waals surface area contributed by atoms with Gasteiger partial charge in [0.2, 0.25) is 10.0 Å². The summed E-state index contributed by atoms with van der Waals surface area (Å²) in [6.07, 6.45) is 0. The highest BCUT2D eigenvalue weighted by Crippen LogP contribution is 2.25. The van der Waals surface area contributed by atoms with Crippen molar-refractivity contribution >= 4 is 32.9 Å². The third kappa shape index (κ3) is 3.13. The average Bonchev–Trinajstić information content (AvgIpc) is 2.31. The third-order valence-electron chi connectivity index (χ3n) is 2.22. The van der Waals surface area contributed by atoms with Crippen LogP contribution in [0.2, 0.25) is 0 Å². The molecule has 0 heterocycles. The van der Waals surface area contributed by atoms with Crippen molar-refractivity contribution in [3.05, 3.63) is 29.3 Å². The van der Waals surface area contributed by atoms with Crippen molar-refractivity contribution in [3.8, 4) is 0 Å². The predicted molar refractivity (Wildman–Crippen MR) is 65.1 cm³/mol. The number of nitrogens with two attached hydrogens (primary N) is 1. The predicted octanol–water partition coefficient (Wildman–Crippen LogP) is 1.66. The normalized spacial score (nSPS) is 13.1. The van der Waals surface area contributed by atoms with E-state index in [0.29, 0.717) is 0 Å². The lowest BCUT2D eigenvalue weighted by atomic mass is 10.3. The van der Waals surface area contributed by atoms with E-state index < -0.39 is 49.2 Å². The maximum atomic E-state index is 13.3. The van der Waals surface area contributed by atoms with Gasteiger partial charge in [-0.15, -0.1) is 0 Å². The Morgan fingerprint density at radius 2 is 1.68 bits per heavy atom. The first-order chi connectivity index (χ1) is 8.58. The van der Waals surface area contributed by atoms with Gasteiger partial charge in [-0.2, -0.15) is 0 Å². The first-order valence-electron chi connectivity index (χ1n) is 4.72. The van der Waals surface area contributed by atoms with E-state index in [1.54, 1.807) is 0 Å². The first kappa shape index (κ1) is 15.6. The largest absolute Gasteiger partial charge is 0.392 e. The Hall–Kier alpha value is -1.42. The van der Waals surface area contributed by atoms with Crippen molar-refractivity contribution in [2.24, 2.45) is 5.73 Å². The van der Waals surface area contributed by atoms with E-state index in [9.17, 15) is 26.0 Å². The SMILES string of the molecule is CC(C(N)=S)S(=O)(=O)Nc1c(F)c(F)cc(F)c1F. The summed E-state index contributed by atoms with van der Waals surface area (Å²) in [5.74, 6) is -7.20. The molecular weight excluding hydrogens is 308 g/mol. The molecule has 4 nitrogen and oxygen atoms in total. The molecule has 0 spiro atoms. The van der Waals surface area contributed by atoms with Gasteiger partial charge in [-0.3, -0.25) is 4.72 Å². The maximum Gasteiger partial charge on any atom is 0.242 e. The molecule has 106 valence electrons. The zero-order valence-electron chi connectivity index (χ0n) is 9.38. The zero-order valence-corrected chi connectivity index (χ0v) is 11.0. The first-order valence-corrected chi connectivity index (χ1v) is 6.67. The monoisotopic (exact) mass is 316 g/mol. The summed E-state index contributed by atoms with van der Waals surface area (Å²) < 4.78 is 76.9. The average molecular weight is 316 g/mol. The van der Waals surface area contributed by atoms with Gasteiger partial charge in [0.25, 0.3) is 0 Å². The smallest absolute Gasteiger partial charge is 0.242 e. The van der Waals surface area contributed by atoms with Crippen LogP contribution in [0.15, 0.2) is 6.07 Å². The van der Waals surface area contributed by atoms with Gasteiger partial charge in [0, 0.05) is 6.07 Å². The molecule has 0 aliphatic carbocycles. The number of hydrogen-bond acceptors (Lipinski definition) is 3. The number of hydrogen-bond donors (Lipinski definition) is 2. The number of thiocarbonyl (C=S) groups is 1. The lowest BCUT2D eigenvalue weighted by Gasteiger charge is -2.14. The lowest BCUT2D eigenvalue weighted by molar-refractivity contribution is 0.459. The van der Waals surface area contributed by atoms with Crippen LogP contribution in [0.25, 0.3) is 0 Å². The van der Waals surface area contributed by atoms with Crippen molar-refractivity contribution in [2.45, 2.75) is 12.2 Å². The van der Waals surface area contributed by atoms with E-state index in [0.717, 1.165) is 6.92 Å². The van der Waals surface area contributed by atoms with E-state index in [1.165, 1.54) is 4.72 Å². The number of sulfonamides is 1. The molecule has 1 unspecified atom stereocenters. The highest BCUT2D eigenvalue weighted by molar-refractivity contribution is 7.95. The Morgan fingerprint density at radius 3 is 2.05 bits per heavy atom. The Balaban J connectivity index is 3.31. The van der Waals surface area contributed by atoms with Crippen molar-refractivity contribution in [1.82, 2.24) is 0 Å². The van der Waals surface area contributed by atoms with E-state index >= 15 is 0 Å². The van der Waals surface area contributed by atoms with Crippen LogP contribution >= 0.6 is 12.2 Å². The van der Waals surface area contributed by atoms with Crippen LogP contribution in [0, 0.1) is 23.3 Å². The van der Waals surface area contributed by atoms with Gasteiger partial charge in [-0.25, -0.2) is 26.0 Å². The fourth-order valence-electron chi connectivity index (χ4n) is 1.05. The van der Waals surface area contributed by atoms with Crippen LogP contribution in [-0.2, 0) is 10.0 Å². The second-order valence-corrected chi connectivity index (χ2v) is 6.01. The van der Waals surface area contributed by atoms with E-state index in [2.05, 4.69) is 12.2 Å². The molecule has 1 atom stereocenters. The number of benzene rings is 1. The summed E-state index contributed by atoms with van der Waals surface area (Å²) in [5.41, 5.74) is 3.63. The Morgan fingerprint density at radius 1 is 1.26 bits per heavy atom. The minimum absolute atomic E-state index is 0.0422. The minimum atomic E-state index is -4.42. The Kier molecular flexibility index (Phi) is 4.35. The quantitative estimate of drug-likeness (QED) is 0.503. The summed E-state index contributed by atoms with van der Waals surface area (Å²) in [6, 6.07) is -0.0422. The fourth-order valence-corrected chi connectivity index (χ4v) is 2.37. The Labute approximate surface area is 111 Å². The standard InChI is InChI=1S/C9H8F4N2O2S2/c1-3(9(14)18)19(16,17)15-8-6(12)4(10)2-5(11)7(8)13/h2-3,15H,1H3,(H2,14,18). The highest BCUT2D eigenvalue weighted by atomic mass is 32.2. The van der Waals surface area contributed by atoms with E-state index in [-0.39, 0.29) is 6.07 Å². The molecule has 1 rings (SSSR count). The summed E-state index contributed by atoms with van der Waals surface area (Å²) in [6.45, 7) is 1.05. The maximum absolute atomic E-state index is 13.3. The molecule has 1 aromatic rings. The van der Waals surface area contributed by atoms with Gasteiger partial charge < -0.3 is 5.73 Å². The van der Waals surface area contributed by atoms with Gasteiger partial charge >= 0.3 is 0 Å². The fraction of sp³-hybridized carbons (Fsp3) is 0.222. The summed E-state index contributed by atoms with van der Waals surface area (Å²) in [5, 5.41) is -1.48. The number of halogens is 4. The number of nitrogens with one attached hydrogen (secondary N) is 1. The molecule has 0 fully saturated rings. The second-order valence-electron chi connectivity index (χ2n) is 3.53. The van der Waals surface area contributed by atoms with Crippen LogP contribution in [0.4, 0.5) is 23.2 Å². The van der Waals surface area contributed by atoms with Crippen LogP contribution in [0.5, 0.6) is 0 Å². The van der Waals surface area contributed by atoms with Crippen molar-refractivity contribution in [3.63, 3.8) is 0 Å². The van der Waals surface area contributed by atoms with Gasteiger partial charge in [0.05, 0.1) is 4.99 Å². The van der Waals surface area contributed by atoms with Crippen LogP contribution in [0.3, 0.4) is 0 Å². The molecular formula is C9H8F4N2O2S2. The molecule has 19 heavy (non-hydrogen) atoms. The molecule has 10 heteroatoms. The second kappa shape index (κ2) is 5.29. The highest BCUT2D eigenvalue weighted by Gasteiger charge is 2.28. The Bertz CT molecular complexity index is 607.